The normalized spacial score (nSPS) is 13.3. The summed E-state index contributed by atoms with van der Waals surface area (Å²) in [7, 11) is 0. The summed E-state index contributed by atoms with van der Waals surface area (Å²) in [6.07, 6.45) is -3.30. The van der Waals surface area contributed by atoms with Crippen LogP contribution < -0.4 is 9.54 Å². The zero-order chi connectivity index (χ0) is 33.2. The number of aromatic nitrogens is 4. The zero-order valence-corrected chi connectivity index (χ0v) is 26.4. The van der Waals surface area contributed by atoms with Crippen molar-refractivity contribution in [2.24, 2.45) is 9.98 Å². The fourth-order valence-corrected chi connectivity index (χ4v) is 5.65. The quantitative estimate of drug-likeness (QED) is 0.131. The van der Waals surface area contributed by atoms with E-state index in [0.717, 1.165) is 28.1 Å². The molecule has 0 aliphatic heterocycles. The molecular weight excluding hydrogens is 620 g/mol. The van der Waals surface area contributed by atoms with Gasteiger partial charge in [-0.2, -0.15) is 4.99 Å². The molecule has 0 saturated carbocycles. The highest BCUT2D eigenvalue weighted by Gasteiger charge is 2.31. The van der Waals surface area contributed by atoms with Gasteiger partial charge in [0.25, 0.3) is 0 Å². The molecule has 8 nitrogen and oxygen atoms in total. The minimum absolute atomic E-state index is 0.0579. The van der Waals surface area contributed by atoms with Gasteiger partial charge >= 0.3 is 12.4 Å². The molecule has 0 fully saturated rings. The maximum absolute atomic E-state index is 14.0. The van der Waals surface area contributed by atoms with Gasteiger partial charge < -0.3 is 4.74 Å². The van der Waals surface area contributed by atoms with Gasteiger partial charge in [0.2, 0.25) is 0 Å². The van der Waals surface area contributed by atoms with E-state index in [4.69, 9.17) is 0 Å². The van der Waals surface area contributed by atoms with Gasteiger partial charge in [0, 0.05) is 28.3 Å². The van der Waals surface area contributed by atoms with Crippen molar-refractivity contribution < 1.29 is 27.1 Å². The molecule has 0 saturated heterocycles. The summed E-state index contributed by atoms with van der Waals surface area (Å²) >= 11 is 1.31. The van der Waals surface area contributed by atoms with E-state index in [2.05, 4.69) is 24.8 Å². The molecule has 238 valence electrons. The molecule has 13 heteroatoms. The van der Waals surface area contributed by atoms with Crippen LogP contribution in [0.4, 0.5) is 22.4 Å². The molecule has 0 N–H and O–H groups in total. The standard InChI is InChI=1S/C33H30F4N6O2S/c1-19(2)28-16-25(34)10-15-29(28)43-20(3)17-46-32(43)40-31(44)39-22(5)21(4)23-6-8-24(9-7-23)30-38-18-42(41-30)26-11-13-27(14-12-26)45-33(35,36)37/h6-19,21H,1-5H3. The summed E-state index contributed by atoms with van der Waals surface area (Å²) in [5.74, 6) is -0.363. The summed E-state index contributed by atoms with van der Waals surface area (Å²) < 4.78 is 58.5. The molecule has 0 radical (unpaired) electrons. The van der Waals surface area contributed by atoms with Crippen molar-refractivity contribution >= 4 is 23.1 Å². The molecule has 46 heavy (non-hydrogen) atoms. The van der Waals surface area contributed by atoms with E-state index in [1.165, 1.54) is 58.7 Å². The molecule has 1 atom stereocenters. The van der Waals surface area contributed by atoms with Gasteiger partial charge in [-0.3, -0.25) is 4.57 Å². The molecule has 0 spiro atoms. The molecule has 2 amide bonds. The average molecular weight is 651 g/mol. The number of nitrogens with zero attached hydrogens (tertiary/aromatic N) is 6. The lowest BCUT2D eigenvalue weighted by atomic mass is 9.96. The van der Waals surface area contributed by atoms with Crippen LogP contribution in [-0.2, 0) is 0 Å². The second-order valence-corrected chi connectivity index (χ2v) is 11.7. The van der Waals surface area contributed by atoms with Crippen molar-refractivity contribution in [3.05, 3.63) is 106 Å². The first kappa shape index (κ1) is 32.5. The van der Waals surface area contributed by atoms with Crippen molar-refractivity contribution in [1.82, 2.24) is 19.3 Å². The highest BCUT2D eigenvalue weighted by atomic mass is 32.1. The molecule has 5 aromatic rings. The molecule has 2 heterocycles. The average Bonchev–Trinajstić information content (AvgIpc) is 3.63. The number of carbonyl (C=O) groups is 1. The molecule has 2 aromatic heterocycles. The van der Waals surface area contributed by atoms with E-state index in [1.54, 1.807) is 13.0 Å². The van der Waals surface area contributed by atoms with Crippen LogP contribution in [0.25, 0.3) is 22.8 Å². The molecule has 3 aromatic carbocycles. The number of hydrogen-bond acceptors (Lipinski definition) is 5. The Kier molecular flexibility index (Phi) is 9.33. The van der Waals surface area contributed by atoms with Crippen LogP contribution in [0.15, 0.2) is 88.4 Å². The minimum Gasteiger partial charge on any atom is -0.406 e. The Bertz CT molecular complexity index is 1960. The predicted octanol–water partition coefficient (Wildman–Crippen LogP) is 8.54. The number of hydrogen-bond donors (Lipinski definition) is 0. The smallest absolute Gasteiger partial charge is 0.406 e. The van der Waals surface area contributed by atoms with E-state index in [0.29, 0.717) is 22.0 Å². The van der Waals surface area contributed by atoms with Crippen LogP contribution >= 0.6 is 11.3 Å². The number of thiazole rings is 1. The number of aliphatic imine (C=N–C) groups is 1. The third kappa shape index (κ3) is 7.48. The minimum atomic E-state index is -4.77. The Labute approximate surface area is 266 Å². The predicted molar refractivity (Wildman–Crippen MR) is 168 cm³/mol. The fourth-order valence-electron chi connectivity index (χ4n) is 4.79. The number of amides is 2. The van der Waals surface area contributed by atoms with Gasteiger partial charge in [0.05, 0.1) is 11.4 Å². The van der Waals surface area contributed by atoms with E-state index >= 15 is 0 Å². The van der Waals surface area contributed by atoms with E-state index in [9.17, 15) is 22.4 Å². The zero-order valence-electron chi connectivity index (χ0n) is 25.6. The maximum atomic E-state index is 14.0. The highest BCUT2D eigenvalue weighted by Crippen LogP contribution is 2.27. The van der Waals surface area contributed by atoms with Gasteiger partial charge in [0.1, 0.15) is 17.9 Å². The van der Waals surface area contributed by atoms with Crippen molar-refractivity contribution in [2.75, 3.05) is 0 Å². The topological polar surface area (TPSA) is 86.7 Å². The van der Waals surface area contributed by atoms with Crippen LogP contribution in [0.3, 0.4) is 0 Å². The Hall–Kier alpha value is -4.91. The molecule has 1 unspecified atom stereocenters. The van der Waals surface area contributed by atoms with Crippen LogP contribution in [0.5, 0.6) is 5.75 Å². The van der Waals surface area contributed by atoms with E-state index < -0.39 is 12.4 Å². The molecule has 0 aliphatic carbocycles. The van der Waals surface area contributed by atoms with E-state index in [-0.39, 0.29) is 23.4 Å². The van der Waals surface area contributed by atoms with Crippen LogP contribution in [0.2, 0.25) is 0 Å². The number of aryl methyl sites for hydroxylation is 1. The molecular formula is C33H30F4N6O2S. The second kappa shape index (κ2) is 13.2. The Morgan fingerprint density at radius 1 is 1.00 bits per heavy atom. The Balaban J connectivity index is 1.31. The maximum Gasteiger partial charge on any atom is 0.573 e. The number of alkyl halides is 3. The van der Waals surface area contributed by atoms with Crippen molar-refractivity contribution in [2.45, 2.75) is 52.8 Å². The lowest BCUT2D eigenvalue weighted by Crippen LogP contribution is -2.18. The van der Waals surface area contributed by atoms with Gasteiger partial charge in [0.15, 0.2) is 10.6 Å². The lowest BCUT2D eigenvalue weighted by molar-refractivity contribution is -0.274. The highest BCUT2D eigenvalue weighted by molar-refractivity contribution is 7.07. The molecule has 0 bridgehead atoms. The first-order valence-electron chi connectivity index (χ1n) is 14.3. The van der Waals surface area contributed by atoms with Gasteiger partial charge in [-0.1, -0.05) is 45.0 Å². The van der Waals surface area contributed by atoms with Crippen molar-refractivity contribution in [1.29, 1.82) is 0 Å². The van der Waals surface area contributed by atoms with Crippen LogP contribution in [-0.4, -0.2) is 37.4 Å². The number of urea groups is 1. The van der Waals surface area contributed by atoms with E-state index in [1.807, 2.05) is 61.9 Å². The van der Waals surface area contributed by atoms with Gasteiger partial charge in [-0.25, -0.2) is 23.8 Å². The number of carbonyl (C=O) groups excluding carboxylic acids is 1. The van der Waals surface area contributed by atoms with Crippen LogP contribution in [0, 0.1) is 12.7 Å². The lowest BCUT2D eigenvalue weighted by Gasteiger charge is -2.15. The first-order chi connectivity index (χ1) is 21.8. The summed E-state index contributed by atoms with van der Waals surface area (Å²) in [6.45, 7) is 9.57. The number of rotatable bonds is 7. The second-order valence-electron chi connectivity index (χ2n) is 10.9. The van der Waals surface area contributed by atoms with Gasteiger partial charge in [-0.05, 0) is 73.4 Å². The summed E-state index contributed by atoms with van der Waals surface area (Å²) in [4.78, 5) is 26.3. The summed E-state index contributed by atoms with van der Waals surface area (Å²) in [5, 5.41) is 6.33. The number of benzene rings is 3. The number of halogens is 4. The van der Waals surface area contributed by atoms with Crippen LogP contribution in [0.1, 0.15) is 56.4 Å². The molecule has 5 rings (SSSR count). The number of ether oxygens (including phenoxy) is 1. The third-order valence-electron chi connectivity index (χ3n) is 7.32. The monoisotopic (exact) mass is 650 g/mol. The molecule has 0 aliphatic rings. The fraction of sp³-hybridized carbons (Fsp3) is 0.242. The Morgan fingerprint density at radius 2 is 1.70 bits per heavy atom. The van der Waals surface area contributed by atoms with Crippen molar-refractivity contribution in [3.63, 3.8) is 0 Å². The van der Waals surface area contributed by atoms with Crippen molar-refractivity contribution in [3.8, 4) is 28.5 Å². The largest absolute Gasteiger partial charge is 0.573 e. The summed E-state index contributed by atoms with van der Waals surface area (Å²) in [6, 6.07) is 16.7. The third-order valence-corrected chi connectivity index (χ3v) is 8.26. The Morgan fingerprint density at radius 3 is 2.35 bits per heavy atom. The SMILES string of the molecule is CC(=NC(=O)N=c1scc(C)n1-c1ccc(F)cc1C(C)C)C(C)c1ccc(-c2ncn(-c3ccc(OC(F)(F)F)cc3)n2)cc1. The summed E-state index contributed by atoms with van der Waals surface area (Å²) in [5.41, 5.74) is 5.17. The first-order valence-corrected chi connectivity index (χ1v) is 15.2. The van der Waals surface area contributed by atoms with Gasteiger partial charge in [-0.15, -0.1) is 29.6 Å².